The van der Waals surface area contributed by atoms with E-state index in [9.17, 15) is 8.78 Å². The molecule has 1 aliphatic heterocycles. The Morgan fingerprint density at radius 2 is 2.18 bits per heavy atom. The van der Waals surface area contributed by atoms with Crippen molar-refractivity contribution in [3.8, 4) is 12.3 Å². The third-order valence-corrected chi connectivity index (χ3v) is 3.46. The molecule has 1 aliphatic rings. The van der Waals surface area contributed by atoms with Gasteiger partial charge in [-0.25, -0.2) is 13.8 Å². The SMILES string of the molecule is C#CCN=C(NCC)NC1CCN(c2c(F)cccc2F)C1. The lowest BCUT2D eigenvalue weighted by Crippen LogP contribution is -2.44. The maximum Gasteiger partial charge on any atom is 0.192 e. The van der Waals surface area contributed by atoms with Crippen LogP contribution < -0.4 is 15.5 Å². The molecule has 22 heavy (non-hydrogen) atoms. The molecule has 0 saturated carbocycles. The Morgan fingerprint density at radius 1 is 1.45 bits per heavy atom. The van der Waals surface area contributed by atoms with E-state index in [1.807, 2.05) is 6.92 Å². The highest BCUT2D eigenvalue weighted by molar-refractivity contribution is 5.80. The summed E-state index contributed by atoms with van der Waals surface area (Å²) in [7, 11) is 0. The summed E-state index contributed by atoms with van der Waals surface area (Å²) in [5.74, 6) is 2.01. The van der Waals surface area contributed by atoms with E-state index in [0.29, 0.717) is 19.0 Å². The standard InChI is InChI=1S/C16H20F2N4/c1-3-9-20-16(19-4-2)21-12-8-10-22(11-12)15-13(17)6-5-7-14(15)18/h1,5-7,12H,4,8-11H2,2H3,(H2,19,20,21). The lowest BCUT2D eigenvalue weighted by Gasteiger charge is -2.21. The molecule has 1 unspecified atom stereocenters. The van der Waals surface area contributed by atoms with Crippen LogP contribution in [-0.2, 0) is 0 Å². The van der Waals surface area contributed by atoms with Crippen LogP contribution in [0, 0.1) is 24.0 Å². The van der Waals surface area contributed by atoms with Crippen molar-refractivity contribution in [2.45, 2.75) is 19.4 Å². The van der Waals surface area contributed by atoms with Crippen LogP contribution in [0.2, 0.25) is 0 Å². The first-order chi connectivity index (χ1) is 10.7. The number of benzene rings is 1. The van der Waals surface area contributed by atoms with Gasteiger partial charge in [-0.15, -0.1) is 6.42 Å². The molecular weight excluding hydrogens is 286 g/mol. The number of anilines is 1. The summed E-state index contributed by atoms with van der Waals surface area (Å²) in [5.41, 5.74) is 0.0392. The van der Waals surface area contributed by atoms with E-state index in [1.54, 1.807) is 4.90 Å². The first-order valence-electron chi connectivity index (χ1n) is 7.33. The lowest BCUT2D eigenvalue weighted by molar-refractivity contribution is 0.576. The van der Waals surface area contributed by atoms with Gasteiger partial charge < -0.3 is 15.5 Å². The normalized spacial score (nSPS) is 18.2. The van der Waals surface area contributed by atoms with Gasteiger partial charge in [-0.05, 0) is 25.5 Å². The van der Waals surface area contributed by atoms with Gasteiger partial charge in [0.2, 0.25) is 0 Å². The minimum atomic E-state index is -0.534. The van der Waals surface area contributed by atoms with Crippen molar-refractivity contribution < 1.29 is 8.78 Å². The van der Waals surface area contributed by atoms with Crippen LogP contribution in [0.5, 0.6) is 0 Å². The van der Waals surface area contributed by atoms with E-state index in [4.69, 9.17) is 6.42 Å². The Morgan fingerprint density at radius 3 is 2.82 bits per heavy atom. The predicted molar refractivity (Wildman–Crippen MR) is 84.9 cm³/mol. The molecule has 0 spiro atoms. The fraction of sp³-hybridized carbons (Fsp3) is 0.438. The monoisotopic (exact) mass is 306 g/mol. The molecule has 1 saturated heterocycles. The molecule has 0 aromatic heterocycles. The van der Waals surface area contributed by atoms with Crippen molar-refractivity contribution in [1.29, 1.82) is 0 Å². The highest BCUT2D eigenvalue weighted by atomic mass is 19.1. The van der Waals surface area contributed by atoms with Gasteiger partial charge in [0.05, 0.1) is 0 Å². The van der Waals surface area contributed by atoms with E-state index >= 15 is 0 Å². The lowest BCUT2D eigenvalue weighted by atomic mass is 10.2. The van der Waals surface area contributed by atoms with Gasteiger partial charge in [0.15, 0.2) is 5.96 Å². The number of nitrogens with zero attached hydrogens (tertiary/aromatic N) is 2. The minimum Gasteiger partial charge on any atom is -0.365 e. The third-order valence-electron chi connectivity index (χ3n) is 3.46. The summed E-state index contributed by atoms with van der Waals surface area (Å²) in [6.07, 6.45) is 5.98. The minimum absolute atomic E-state index is 0.0392. The fourth-order valence-electron chi connectivity index (χ4n) is 2.51. The Labute approximate surface area is 129 Å². The Kier molecular flexibility index (Phi) is 5.59. The maximum atomic E-state index is 13.8. The summed E-state index contributed by atoms with van der Waals surface area (Å²) in [6.45, 7) is 4.06. The van der Waals surface area contributed by atoms with Gasteiger partial charge in [0.1, 0.15) is 23.9 Å². The molecule has 0 radical (unpaired) electrons. The van der Waals surface area contributed by atoms with Crippen LogP contribution in [0.3, 0.4) is 0 Å². The summed E-state index contributed by atoms with van der Waals surface area (Å²) in [5, 5.41) is 6.35. The molecule has 0 aliphatic carbocycles. The number of rotatable bonds is 4. The zero-order valence-electron chi connectivity index (χ0n) is 12.6. The van der Waals surface area contributed by atoms with E-state index in [-0.39, 0.29) is 18.3 Å². The van der Waals surface area contributed by atoms with Crippen molar-refractivity contribution in [3.63, 3.8) is 0 Å². The van der Waals surface area contributed by atoms with Crippen molar-refractivity contribution in [3.05, 3.63) is 29.8 Å². The summed E-state index contributed by atoms with van der Waals surface area (Å²) in [4.78, 5) is 5.94. The molecule has 2 rings (SSSR count). The number of aliphatic imine (C=N–C) groups is 1. The fourth-order valence-corrected chi connectivity index (χ4v) is 2.51. The van der Waals surface area contributed by atoms with E-state index in [0.717, 1.165) is 13.0 Å². The molecule has 2 N–H and O–H groups in total. The number of hydrogen-bond donors (Lipinski definition) is 2. The highest BCUT2D eigenvalue weighted by Gasteiger charge is 2.27. The van der Waals surface area contributed by atoms with Crippen LogP contribution in [0.25, 0.3) is 0 Å². The second-order valence-corrected chi connectivity index (χ2v) is 5.05. The third kappa shape index (κ3) is 3.88. The molecule has 1 aromatic carbocycles. The van der Waals surface area contributed by atoms with Gasteiger partial charge in [0.25, 0.3) is 0 Å². The molecule has 1 aromatic rings. The predicted octanol–water partition coefficient (Wildman–Crippen LogP) is 1.73. The summed E-state index contributed by atoms with van der Waals surface area (Å²) >= 11 is 0. The van der Waals surface area contributed by atoms with Gasteiger partial charge in [-0.3, -0.25) is 0 Å². The van der Waals surface area contributed by atoms with Gasteiger partial charge in [-0.2, -0.15) is 0 Å². The second-order valence-electron chi connectivity index (χ2n) is 5.05. The number of hydrogen-bond acceptors (Lipinski definition) is 2. The quantitative estimate of drug-likeness (QED) is 0.506. The molecule has 118 valence electrons. The zero-order valence-corrected chi connectivity index (χ0v) is 12.6. The van der Waals surface area contributed by atoms with Gasteiger partial charge >= 0.3 is 0 Å². The first-order valence-corrected chi connectivity index (χ1v) is 7.33. The van der Waals surface area contributed by atoms with Crippen molar-refractivity contribution >= 4 is 11.6 Å². The molecule has 6 heteroatoms. The van der Waals surface area contributed by atoms with E-state index in [2.05, 4.69) is 21.5 Å². The molecule has 1 atom stereocenters. The Bertz CT molecular complexity index is 560. The van der Waals surface area contributed by atoms with Gasteiger partial charge in [-0.1, -0.05) is 12.0 Å². The topological polar surface area (TPSA) is 39.7 Å². The van der Waals surface area contributed by atoms with Crippen LogP contribution in [0.15, 0.2) is 23.2 Å². The van der Waals surface area contributed by atoms with Crippen molar-refractivity contribution in [2.24, 2.45) is 4.99 Å². The molecular formula is C16H20F2N4. The smallest absolute Gasteiger partial charge is 0.192 e. The van der Waals surface area contributed by atoms with E-state index < -0.39 is 11.6 Å². The van der Waals surface area contributed by atoms with Crippen LogP contribution in [0.4, 0.5) is 14.5 Å². The number of nitrogens with one attached hydrogen (secondary N) is 2. The second kappa shape index (κ2) is 7.64. The zero-order chi connectivity index (χ0) is 15.9. The number of terminal acetylenes is 1. The summed E-state index contributed by atoms with van der Waals surface area (Å²) < 4.78 is 27.6. The Hall–Kier alpha value is -2.29. The highest BCUT2D eigenvalue weighted by Crippen LogP contribution is 2.26. The van der Waals surface area contributed by atoms with Crippen LogP contribution in [0.1, 0.15) is 13.3 Å². The maximum absolute atomic E-state index is 13.8. The Balaban J connectivity index is 2.02. The molecule has 4 nitrogen and oxygen atoms in total. The number of halogens is 2. The molecule has 1 heterocycles. The molecule has 1 fully saturated rings. The number of para-hydroxylation sites is 1. The van der Waals surface area contributed by atoms with Crippen molar-refractivity contribution in [1.82, 2.24) is 10.6 Å². The largest absolute Gasteiger partial charge is 0.365 e. The van der Waals surface area contributed by atoms with Gasteiger partial charge in [0, 0.05) is 25.7 Å². The van der Waals surface area contributed by atoms with Crippen LogP contribution in [-0.4, -0.2) is 38.2 Å². The average Bonchev–Trinajstić information content (AvgIpc) is 2.93. The summed E-state index contributed by atoms with van der Waals surface area (Å²) in [6, 6.07) is 3.99. The van der Waals surface area contributed by atoms with E-state index in [1.165, 1.54) is 18.2 Å². The molecule has 0 bridgehead atoms. The van der Waals surface area contributed by atoms with Crippen LogP contribution >= 0.6 is 0 Å². The first kappa shape index (κ1) is 16.1. The number of guanidine groups is 1. The van der Waals surface area contributed by atoms with Crippen molar-refractivity contribution in [2.75, 3.05) is 31.1 Å². The molecule has 0 amide bonds. The average molecular weight is 306 g/mol.